The van der Waals surface area contributed by atoms with Crippen LogP contribution < -0.4 is 0 Å². The van der Waals surface area contributed by atoms with E-state index >= 15 is 0 Å². The number of H-pyrrole nitrogens is 1. The Morgan fingerprint density at radius 2 is 2.00 bits per heavy atom. The number of aliphatic hydroxyl groups is 1. The monoisotopic (exact) mass is 361 g/mol. The number of rotatable bonds is 4. The molecule has 2 heterocycles. The van der Waals surface area contributed by atoms with Gasteiger partial charge in [0.1, 0.15) is 0 Å². The Hall–Kier alpha value is -2.46. The van der Waals surface area contributed by atoms with E-state index in [9.17, 15) is 5.11 Å². The van der Waals surface area contributed by atoms with Crippen LogP contribution in [-0.4, -0.2) is 26.4 Å². The number of allylic oxidation sites excluding steroid dienone is 1. The van der Waals surface area contributed by atoms with Crippen molar-refractivity contribution in [3.63, 3.8) is 0 Å². The topological polar surface area (TPSA) is 61.8 Å². The molecule has 3 aromatic rings. The lowest BCUT2D eigenvalue weighted by molar-refractivity contribution is 0.158. The fraction of sp³-hybridized carbons (Fsp3) is 0.391. The molecule has 0 saturated heterocycles. The van der Waals surface area contributed by atoms with Crippen LogP contribution in [0.1, 0.15) is 45.7 Å². The number of aromatic amines is 1. The molecular weight excluding hydrogens is 334 g/mol. The molecule has 27 heavy (non-hydrogen) atoms. The number of benzene rings is 1. The lowest BCUT2D eigenvalue weighted by Crippen LogP contribution is -2.28. The lowest BCUT2D eigenvalue weighted by Gasteiger charge is -2.37. The van der Waals surface area contributed by atoms with E-state index in [0.717, 1.165) is 59.1 Å². The molecule has 2 aromatic heterocycles. The van der Waals surface area contributed by atoms with E-state index in [1.54, 1.807) is 0 Å². The molecule has 0 spiro atoms. The van der Waals surface area contributed by atoms with Crippen molar-refractivity contribution in [2.45, 2.75) is 52.6 Å². The number of nitrogens with one attached hydrogen (secondary N) is 1. The van der Waals surface area contributed by atoms with E-state index in [4.69, 9.17) is 0 Å². The van der Waals surface area contributed by atoms with Crippen LogP contribution in [0.15, 0.2) is 53.7 Å². The normalized spacial score (nSPS) is 19.6. The van der Waals surface area contributed by atoms with Gasteiger partial charge in [0.15, 0.2) is 0 Å². The van der Waals surface area contributed by atoms with Crippen molar-refractivity contribution in [2.75, 3.05) is 0 Å². The molecule has 1 aromatic carbocycles. The molecule has 0 radical (unpaired) electrons. The minimum atomic E-state index is -0.283. The fourth-order valence-electron chi connectivity index (χ4n) is 4.24. The van der Waals surface area contributed by atoms with Crippen molar-refractivity contribution >= 4 is 10.9 Å². The highest BCUT2D eigenvalue weighted by Gasteiger charge is 2.31. The van der Waals surface area contributed by atoms with Crippen molar-refractivity contribution in [1.82, 2.24) is 15.2 Å². The first-order valence-electron chi connectivity index (χ1n) is 9.72. The van der Waals surface area contributed by atoms with Gasteiger partial charge in [-0.25, -0.2) is 0 Å². The summed E-state index contributed by atoms with van der Waals surface area (Å²) >= 11 is 0. The summed E-state index contributed by atoms with van der Waals surface area (Å²) in [7, 11) is 0. The molecule has 2 N–H and O–H groups in total. The van der Waals surface area contributed by atoms with E-state index in [-0.39, 0.29) is 11.5 Å². The zero-order chi connectivity index (χ0) is 19.0. The van der Waals surface area contributed by atoms with Gasteiger partial charge in [0, 0.05) is 22.8 Å². The highest BCUT2D eigenvalue weighted by atomic mass is 16.3. The zero-order valence-electron chi connectivity index (χ0n) is 16.3. The van der Waals surface area contributed by atoms with Crippen molar-refractivity contribution < 1.29 is 5.11 Å². The zero-order valence-corrected chi connectivity index (χ0v) is 16.3. The minimum Gasteiger partial charge on any atom is -0.389 e. The van der Waals surface area contributed by atoms with Gasteiger partial charge >= 0.3 is 0 Å². The number of fused-ring (bicyclic) bond motifs is 1. The van der Waals surface area contributed by atoms with Crippen LogP contribution in [0.2, 0.25) is 0 Å². The summed E-state index contributed by atoms with van der Waals surface area (Å²) in [6.07, 6.45) is 5.36. The van der Waals surface area contributed by atoms with Crippen molar-refractivity contribution in [3.05, 3.63) is 59.4 Å². The molecule has 0 bridgehead atoms. The first-order chi connectivity index (χ1) is 12.9. The van der Waals surface area contributed by atoms with E-state index in [1.807, 2.05) is 24.4 Å². The Morgan fingerprint density at radius 3 is 2.85 bits per heavy atom. The molecular formula is C23H27N3O. The second-order valence-electron chi connectivity index (χ2n) is 8.30. The highest BCUT2D eigenvalue weighted by Crippen LogP contribution is 2.42. The largest absolute Gasteiger partial charge is 0.389 e. The van der Waals surface area contributed by atoms with Gasteiger partial charge in [0.05, 0.1) is 17.3 Å². The third-order valence-corrected chi connectivity index (χ3v) is 6.00. The summed E-state index contributed by atoms with van der Waals surface area (Å²) in [5.41, 5.74) is 6.78. The minimum absolute atomic E-state index is 0.161. The third kappa shape index (κ3) is 3.54. The number of para-hydroxylation sites is 1. The van der Waals surface area contributed by atoms with Crippen LogP contribution in [0, 0.1) is 5.41 Å². The van der Waals surface area contributed by atoms with Crippen LogP contribution >= 0.6 is 0 Å². The summed E-state index contributed by atoms with van der Waals surface area (Å²) in [6, 6.07) is 12.4. The molecule has 4 heteroatoms. The maximum atomic E-state index is 10.2. The molecule has 1 aliphatic rings. The average molecular weight is 361 g/mol. The molecule has 140 valence electrons. The van der Waals surface area contributed by atoms with Crippen molar-refractivity contribution in [2.24, 2.45) is 5.41 Å². The van der Waals surface area contributed by atoms with Gasteiger partial charge in [-0.1, -0.05) is 37.6 Å². The smallest absolute Gasteiger partial charge is 0.0939 e. The number of hydrogen-bond donors (Lipinski definition) is 2. The Labute approximate surface area is 160 Å². The fourth-order valence-corrected chi connectivity index (χ4v) is 4.24. The Bertz CT molecular complexity index is 1000. The van der Waals surface area contributed by atoms with E-state index in [0.29, 0.717) is 0 Å². The van der Waals surface area contributed by atoms with E-state index < -0.39 is 0 Å². The summed E-state index contributed by atoms with van der Waals surface area (Å²) < 4.78 is 0. The number of aryl methyl sites for hydroxylation is 1. The van der Waals surface area contributed by atoms with Crippen LogP contribution in [0.5, 0.6) is 0 Å². The Morgan fingerprint density at radius 1 is 1.19 bits per heavy atom. The van der Waals surface area contributed by atoms with Crippen molar-refractivity contribution in [3.8, 4) is 11.3 Å². The number of pyridine rings is 1. The molecule has 0 amide bonds. The van der Waals surface area contributed by atoms with Crippen molar-refractivity contribution in [1.29, 1.82) is 0 Å². The molecule has 1 aliphatic carbocycles. The standard InChI is InChI=1S/C23H27N3O/c1-15-19(23(2,3)11-10-22(15)27)9-8-18-13-21(26-25-18)17-12-16-6-4-5-7-20(16)24-14-17/h4-7,12-14,22,27H,8-11H2,1-3H3,(H,25,26). The number of aromatic nitrogens is 3. The molecule has 4 rings (SSSR count). The van der Waals surface area contributed by atoms with Gasteiger partial charge < -0.3 is 5.11 Å². The summed E-state index contributed by atoms with van der Waals surface area (Å²) in [6.45, 7) is 6.66. The maximum absolute atomic E-state index is 10.2. The summed E-state index contributed by atoms with van der Waals surface area (Å²) in [4.78, 5) is 4.53. The third-order valence-electron chi connectivity index (χ3n) is 6.00. The molecule has 0 aliphatic heterocycles. The molecule has 4 nitrogen and oxygen atoms in total. The molecule has 0 fully saturated rings. The number of hydrogen-bond acceptors (Lipinski definition) is 3. The molecule has 1 unspecified atom stereocenters. The molecule has 0 saturated carbocycles. The predicted octanol–water partition coefficient (Wildman–Crippen LogP) is 5.05. The molecule has 1 atom stereocenters. The average Bonchev–Trinajstić information content (AvgIpc) is 3.13. The van der Waals surface area contributed by atoms with E-state index in [2.05, 4.69) is 54.2 Å². The van der Waals surface area contributed by atoms with Crippen LogP contribution in [0.3, 0.4) is 0 Å². The lowest BCUT2D eigenvalue weighted by atomic mass is 9.70. The summed E-state index contributed by atoms with van der Waals surface area (Å²) in [5, 5.41) is 19.0. The second kappa shape index (κ2) is 6.93. The summed E-state index contributed by atoms with van der Waals surface area (Å²) in [5.74, 6) is 0. The first kappa shape index (κ1) is 17.9. The SMILES string of the molecule is CC1=C(CCc2cc(-c3cnc4ccccc4c3)n[nH]2)C(C)(C)CCC1O. The second-order valence-corrected chi connectivity index (χ2v) is 8.30. The Balaban J connectivity index is 1.53. The maximum Gasteiger partial charge on any atom is 0.0939 e. The van der Waals surface area contributed by atoms with Gasteiger partial charge in [-0.05, 0) is 61.8 Å². The van der Waals surface area contributed by atoms with Crippen LogP contribution in [0.25, 0.3) is 22.2 Å². The van der Waals surface area contributed by atoms with Gasteiger partial charge in [-0.15, -0.1) is 0 Å². The van der Waals surface area contributed by atoms with E-state index in [1.165, 1.54) is 5.57 Å². The van der Waals surface area contributed by atoms with Crippen LogP contribution in [0.4, 0.5) is 0 Å². The predicted molar refractivity (Wildman–Crippen MR) is 109 cm³/mol. The van der Waals surface area contributed by atoms with Gasteiger partial charge in [-0.2, -0.15) is 5.10 Å². The van der Waals surface area contributed by atoms with Crippen LogP contribution in [-0.2, 0) is 6.42 Å². The van der Waals surface area contributed by atoms with Gasteiger partial charge in [-0.3, -0.25) is 10.1 Å². The van der Waals surface area contributed by atoms with Gasteiger partial charge in [0.2, 0.25) is 0 Å². The highest BCUT2D eigenvalue weighted by molar-refractivity contribution is 5.82. The Kier molecular flexibility index (Phi) is 4.60. The quantitative estimate of drug-likeness (QED) is 0.639. The van der Waals surface area contributed by atoms with Gasteiger partial charge in [0.25, 0.3) is 0 Å². The number of aliphatic hydroxyl groups excluding tert-OH is 1. The number of nitrogens with zero attached hydrogens (tertiary/aromatic N) is 2. The first-order valence-corrected chi connectivity index (χ1v) is 9.72.